The predicted molar refractivity (Wildman–Crippen MR) is 93.3 cm³/mol. The number of thiophene rings is 1. The SMILES string of the molecule is Cl.O=C(c1cc2c(s1)CCCC2)N1CCC2(CCNC2)CC1. The topological polar surface area (TPSA) is 32.3 Å². The van der Waals surface area contributed by atoms with Gasteiger partial charge in [0.25, 0.3) is 5.91 Å². The summed E-state index contributed by atoms with van der Waals surface area (Å²) < 4.78 is 0. The highest BCUT2D eigenvalue weighted by atomic mass is 35.5. The van der Waals surface area contributed by atoms with Crippen LogP contribution in [0.2, 0.25) is 0 Å². The van der Waals surface area contributed by atoms with Crippen molar-refractivity contribution in [1.29, 1.82) is 0 Å². The number of carbonyl (C=O) groups excluding carboxylic acids is 1. The van der Waals surface area contributed by atoms with E-state index < -0.39 is 0 Å². The third-order valence-electron chi connectivity index (χ3n) is 5.65. The van der Waals surface area contributed by atoms with Gasteiger partial charge in [0.2, 0.25) is 0 Å². The van der Waals surface area contributed by atoms with Gasteiger partial charge in [0.05, 0.1) is 4.88 Å². The Morgan fingerprint density at radius 1 is 1.18 bits per heavy atom. The van der Waals surface area contributed by atoms with Gasteiger partial charge in [-0.25, -0.2) is 0 Å². The third kappa shape index (κ3) is 2.93. The van der Waals surface area contributed by atoms with Crippen LogP contribution in [0.4, 0.5) is 0 Å². The van der Waals surface area contributed by atoms with Gasteiger partial charge in [-0.05, 0) is 68.5 Å². The van der Waals surface area contributed by atoms with Crippen LogP contribution in [0.15, 0.2) is 6.07 Å². The van der Waals surface area contributed by atoms with Crippen molar-refractivity contribution < 1.29 is 4.79 Å². The normalized spacial score (nSPS) is 23.2. The molecule has 2 aliphatic heterocycles. The van der Waals surface area contributed by atoms with Gasteiger partial charge in [-0.3, -0.25) is 4.79 Å². The van der Waals surface area contributed by atoms with E-state index in [2.05, 4.69) is 16.3 Å². The van der Waals surface area contributed by atoms with Gasteiger partial charge in [-0.15, -0.1) is 23.7 Å². The molecule has 1 aromatic heterocycles. The highest BCUT2D eigenvalue weighted by molar-refractivity contribution is 7.14. The highest BCUT2D eigenvalue weighted by Crippen LogP contribution is 2.38. The van der Waals surface area contributed by atoms with Gasteiger partial charge < -0.3 is 10.2 Å². The van der Waals surface area contributed by atoms with Crippen LogP contribution >= 0.6 is 23.7 Å². The zero-order valence-electron chi connectivity index (χ0n) is 13.0. The maximum Gasteiger partial charge on any atom is 0.263 e. The average molecular weight is 341 g/mol. The molecule has 3 nitrogen and oxygen atoms in total. The summed E-state index contributed by atoms with van der Waals surface area (Å²) in [6, 6.07) is 2.18. The molecular weight excluding hydrogens is 316 g/mol. The second-order valence-electron chi connectivity index (χ2n) is 6.99. The molecule has 3 heterocycles. The van der Waals surface area contributed by atoms with Crippen molar-refractivity contribution in [2.75, 3.05) is 26.2 Å². The van der Waals surface area contributed by atoms with Crippen LogP contribution in [0, 0.1) is 5.41 Å². The number of rotatable bonds is 1. The lowest BCUT2D eigenvalue weighted by atomic mass is 9.78. The Labute approximate surface area is 142 Å². The van der Waals surface area contributed by atoms with E-state index in [0.29, 0.717) is 5.41 Å². The fraction of sp³-hybridized carbons (Fsp3) is 0.706. The van der Waals surface area contributed by atoms with E-state index in [9.17, 15) is 4.79 Å². The van der Waals surface area contributed by atoms with E-state index in [1.165, 1.54) is 55.4 Å². The summed E-state index contributed by atoms with van der Waals surface area (Å²) in [5, 5.41) is 3.49. The number of nitrogens with one attached hydrogen (secondary N) is 1. The summed E-state index contributed by atoms with van der Waals surface area (Å²) >= 11 is 1.76. The van der Waals surface area contributed by atoms with Crippen LogP contribution in [0.5, 0.6) is 0 Å². The second-order valence-corrected chi connectivity index (χ2v) is 8.12. The number of fused-ring (bicyclic) bond motifs is 1. The molecule has 2 saturated heterocycles. The van der Waals surface area contributed by atoms with E-state index in [0.717, 1.165) is 31.1 Å². The monoisotopic (exact) mass is 340 g/mol. The lowest BCUT2D eigenvalue weighted by Crippen LogP contribution is -2.43. The zero-order chi connectivity index (χ0) is 14.3. The third-order valence-corrected chi connectivity index (χ3v) is 6.88. The Hall–Kier alpha value is -0.580. The predicted octanol–water partition coefficient (Wildman–Crippen LogP) is 3.26. The summed E-state index contributed by atoms with van der Waals surface area (Å²) in [4.78, 5) is 17.3. The molecule has 122 valence electrons. The highest BCUT2D eigenvalue weighted by Gasteiger charge is 2.38. The Bertz CT molecular complexity index is 517. The van der Waals surface area contributed by atoms with Gasteiger partial charge in [-0.1, -0.05) is 0 Å². The van der Waals surface area contributed by atoms with Gasteiger partial charge in [0, 0.05) is 24.5 Å². The van der Waals surface area contributed by atoms with Gasteiger partial charge in [-0.2, -0.15) is 0 Å². The van der Waals surface area contributed by atoms with E-state index >= 15 is 0 Å². The van der Waals surface area contributed by atoms with Crippen molar-refractivity contribution in [2.24, 2.45) is 5.41 Å². The fourth-order valence-corrected chi connectivity index (χ4v) is 5.38. The van der Waals surface area contributed by atoms with Crippen LogP contribution < -0.4 is 5.32 Å². The molecule has 2 fully saturated rings. The Morgan fingerprint density at radius 2 is 1.95 bits per heavy atom. The lowest BCUT2D eigenvalue weighted by Gasteiger charge is -2.38. The number of nitrogens with zero attached hydrogens (tertiary/aromatic N) is 1. The van der Waals surface area contributed by atoms with Crippen molar-refractivity contribution in [3.8, 4) is 0 Å². The number of halogens is 1. The molecule has 0 aromatic carbocycles. The van der Waals surface area contributed by atoms with E-state index in [-0.39, 0.29) is 18.3 Å². The molecule has 1 aliphatic carbocycles. The Balaban J connectivity index is 0.00000144. The quantitative estimate of drug-likeness (QED) is 0.851. The van der Waals surface area contributed by atoms with Crippen molar-refractivity contribution in [3.63, 3.8) is 0 Å². The van der Waals surface area contributed by atoms with Crippen molar-refractivity contribution in [1.82, 2.24) is 10.2 Å². The van der Waals surface area contributed by atoms with Gasteiger partial charge >= 0.3 is 0 Å². The molecule has 1 amide bonds. The van der Waals surface area contributed by atoms with E-state index in [1.807, 2.05) is 0 Å². The van der Waals surface area contributed by atoms with E-state index in [4.69, 9.17) is 0 Å². The van der Waals surface area contributed by atoms with Crippen LogP contribution in [-0.2, 0) is 12.8 Å². The first-order valence-electron chi connectivity index (χ1n) is 8.37. The fourth-order valence-electron chi connectivity index (χ4n) is 4.16. The maximum absolute atomic E-state index is 12.7. The van der Waals surface area contributed by atoms with Crippen molar-refractivity contribution in [3.05, 3.63) is 21.4 Å². The second kappa shape index (κ2) is 6.50. The minimum atomic E-state index is 0. The van der Waals surface area contributed by atoms with Crippen molar-refractivity contribution in [2.45, 2.75) is 44.9 Å². The summed E-state index contributed by atoms with van der Waals surface area (Å²) in [5.74, 6) is 0.287. The molecule has 5 heteroatoms. The minimum absolute atomic E-state index is 0. The molecule has 3 aliphatic rings. The molecule has 0 bridgehead atoms. The standard InChI is InChI=1S/C17H24N2OS.ClH/c20-16(15-11-13-3-1-2-4-14(13)21-15)19-9-6-17(7-10-19)5-8-18-12-17;/h11,18H,1-10,12H2;1H. The average Bonchev–Trinajstić information content (AvgIpc) is 3.14. The lowest BCUT2D eigenvalue weighted by molar-refractivity contribution is 0.0612. The molecule has 22 heavy (non-hydrogen) atoms. The molecule has 4 rings (SSSR count). The van der Waals surface area contributed by atoms with E-state index in [1.54, 1.807) is 11.3 Å². The van der Waals surface area contributed by atoms with Crippen LogP contribution in [0.25, 0.3) is 0 Å². The maximum atomic E-state index is 12.7. The molecule has 1 N–H and O–H groups in total. The number of piperidine rings is 1. The first kappa shape index (κ1) is 16.3. The largest absolute Gasteiger partial charge is 0.338 e. The first-order chi connectivity index (χ1) is 10.3. The summed E-state index contributed by atoms with van der Waals surface area (Å²) in [6.07, 6.45) is 8.59. The summed E-state index contributed by atoms with van der Waals surface area (Å²) in [7, 11) is 0. The minimum Gasteiger partial charge on any atom is -0.338 e. The van der Waals surface area contributed by atoms with Gasteiger partial charge in [0.1, 0.15) is 0 Å². The summed E-state index contributed by atoms with van der Waals surface area (Å²) in [6.45, 7) is 4.21. The number of likely N-dealkylation sites (tertiary alicyclic amines) is 1. The van der Waals surface area contributed by atoms with Crippen LogP contribution in [0.1, 0.15) is 52.2 Å². The zero-order valence-corrected chi connectivity index (χ0v) is 14.7. The number of hydrogen-bond donors (Lipinski definition) is 1. The molecule has 1 aromatic rings. The molecule has 0 saturated carbocycles. The Morgan fingerprint density at radius 3 is 2.64 bits per heavy atom. The summed E-state index contributed by atoms with van der Waals surface area (Å²) in [5.41, 5.74) is 1.94. The number of amides is 1. The number of hydrogen-bond acceptors (Lipinski definition) is 3. The van der Waals surface area contributed by atoms with Crippen LogP contribution in [0.3, 0.4) is 0 Å². The molecule has 0 atom stereocenters. The molecule has 1 spiro atoms. The van der Waals surface area contributed by atoms with Crippen molar-refractivity contribution >= 4 is 29.7 Å². The van der Waals surface area contributed by atoms with Gasteiger partial charge in [0.15, 0.2) is 0 Å². The van der Waals surface area contributed by atoms with Crippen LogP contribution in [-0.4, -0.2) is 37.0 Å². The Kier molecular flexibility index (Phi) is 4.81. The number of aryl methyl sites for hydroxylation is 2. The smallest absolute Gasteiger partial charge is 0.263 e. The first-order valence-corrected chi connectivity index (χ1v) is 9.19. The number of carbonyl (C=O) groups is 1. The molecule has 0 unspecified atom stereocenters. The molecular formula is C17H25ClN2OS. The molecule has 0 radical (unpaired) electrons.